The summed E-state index contributed by atoms with van der Waals surface area (Å²) in [4.78, 5) is 2.57. The Hall–Kier alpha value is -1.25. The predicted octanol–water partition coefficient (Wildman–Crippen LogP) is 4.32. The van der Waals surface area contributed by atoms with Gasteiger partial charge in [-0.15, -0.1) is 0 Å². The number of allylic oxidation sites excluding steroid dienone is 3. The van der Waals surface area contributed by atoms with E-state index in [1.807, 2.05) is 0 Å². The van der Waals surface area contributed by atoms with E-state index in [0.29, 0.717) is 23.8 Å². The van der Waals surface area contributed by atoms with E-state index in [0.717, 1.165) is 17.3 Å². The van der Waals surface area contributed by atoms with Gasteiger partial charge in [0.05, 0.1) is 12.1 Å². The van der Waals surface area contributed by atoms with Crippen molar-refractivity contribution in [3.05, 3.63) is 58.3 Å². The SMILES string of the molecule is COC1=CC2C(C=C1Cl)CCN(C)[C@H]1CCc3ccccc3[C@H]21. The first kappa shape index (κ1) is 15.3. The quantitative estimate of drug-likeness (QED) is 0.761. The normalized spacial score (nSPS) is 33.5. The molecule has 0 spiro atoms. The Morgan fingerprint density at radius 3 is 2.83 bits per heavy atom. The van der Waals surface area contributed by atoms with Gasteiger partial charge in [0.25, 0.3) is 0 Å². The molecular weight excluding hydrogens is 306 g/mol. The molecule has 0 bridgehead atoms. The van der Waals surface area contributed by atoms with Crippen molar-refractivity contribution in [2.75, 3.05) is 20.7 Å². The zero-order valence-corrected chi connectivity index (χ0v) is 14.6. The first-order valence-electron chi connectivity index (χ1n) is 8.60. The van der Waals surface area contributed by atoms with E-state index < -0.39 is 0 Å². The van der Waals surface area contributed by atoms with Crippen LogP contribution in [0.4, 0.5) is 0 Å². The summed E-state index contributed by atoms with van der Waals surface area (Å²) < 4.78 is 5.54. The molecule has 122 valence electrons. The molecule has 4 atom stereocenters. The van der Waals surface area contributed by atoms with Crippen molar-refractivity contribution in [1.82, 2.24) is 4.90 Å². The molecule has 4 rings (SSSR count). The number of hydrogen-bond donors (Lipinski definition) is 0. The van der Waals surface area contributed by atoms with E-state index in [4.69, 9.17) is 16.3 Å². The van der Waals surface area contributed by atoms with Crippen molar-refractivity contribution < 1.29 is 4.74 Å². The Labute approximate surface area is 143 Å². The maximum Gasteiger partial charge on any atom is 0.133 e. The molecule has 0 amide bonds. The second-order valence-electron chi connectivity index (χ2n) is 7.09. The molecular formula is C20H24ClNO. The number of nitrogens with zero attached hydrogens (tertiary/aromatic N) is 1. The Morgan fingerprint density at radius 2 is 2.00 bits per heavy atom. The van der Waals surface area contributed by atoms with Crippen LogP contribution in [-0.2, 0) is 11.2 Å². The van der Waals surface area contributed by atoms with E-state index in [1.165, 1.54) is 30.4 Å². The summed E-state index contributed by atoms with van der Waals surface area (Å²) in [6.07, 6.45) is 8.13. The van der Waals surface area contributed by atoms with E-state index in [2.05, 4.69) is 48.4 Å². The summed E-state index contributed by atoms with van der Waals surface area (Å²) in [6.45, 7) is 1.14. The maximum atomic E-state index is 6.42. The average Bonchev–Trinajstić information content (AvgIpc) is 2.71. The van der Waals surface area contributed by atoms with E-state index in [1.54, 1.807) is 7.11 Å². The first-order chi connectivity index (χ1) is 11.2. The summed E-state index contributed by atoms with van der Waals surface area (Å²) in [5.74, 6) is 2.36. The minimum Gasteiger partial charge on any atom is -0.496 e. The topological polar surface area (TPSA) is 12.5 Å². The Balaban J connectivity index is 1.83. The monoisotopic (exact) mass is 329 g/mol. The fourth-order valence-electron chi connectivity index (χ4n) is 4.82. The lowest BCUT2D eigenvalue weighted by Crippen LogP contribution is -2.41. The lowest BCUT2D eigenvalue weighted by molar-refractivity contribution is 0.191. The van der Waals surface area contributed by atoms with Gasteiger partial charge in [-0.3, -0.25) is 0 Å². The van der Waals surface area contributed by atoms with Gasteiger partial charge >= 0.3 is 0 Å². The number of aryl methyl sites for hydroxylation is 1. The van der Waals surface area contributed by atoms with Crippen LogP contribution in [0.1, 0.15) is 29.9 Å². The van der Waals surface area contributed by atoms with E-state index >= 15 is 0 Å². The van der Waals surface area contributed by atoms with Crippen LogP contribution in [0.5, 0.6) is 0 Å². The Morgan fingerprint density at radius 1 is 1.17 bits per heavy atom. The highest BCUT2D eigenvalue weighted by molar-refractivity contribution is 6.31. The average molecular weight is 330 g/mol. The summed E-state index contributed by atoms with van der Waals surface area (Å²) in [5, 5.41) is 0.777. The van der Waals surface area contributed by atoms with Crippen LogP contribution in [0.2, 0.25) is 0 Å². The molecule has 1 saturated heterocycles. The van der Waals surface area contributed by atoms with Gasteiger partial charge in [0.2, 0.25) is 0 Å². The van der Waals surface area contributed by atoms with Crippen LogP contribution in [0, 0.1) is 11.8 Å². The van der Waals surface area contributed by atoms with Crippen LogP contribution >= 0.6 is 11.6 Å². The lowest BCUT2D eigenvalue weighted by Gasteiger charge is -2.41. The van der Waals surface area contributed by atoms with Crippen LogP contribution in [0.15, 0.2) is 47.2 Å². The predicted molar refractivity (Wildman–Crippen MR) is 94.5 cm³/mol. The molecule has 3 heteroatoms. The minimum atomic E-state index is 0.476. The molecule has 1 aromatic carbocycles. The minimum absolute atomic E-state index is 0.476. The molecule has 23 heavy (non-hydrogen) atoms. The van der Waals surface area contributed by atoms with Gasteiger partial charge in [0.15, 0.2) is 0 Å². The number of methoxy groups -OCH3 is 1. The van der Waals surface area contributed by atoms with Crippen molar-refractivity contribution in [3.8, 4) is 0 Å². The molecule has 2 aliphatic carbocycles. The lowest BCUT2D eigenvalue weighted by atomic mass is 9.67. The molecule has 0 saturated carbocycles. The molecule has 1 aliphatic heterocycles. The largest absolute Gasteiger partial charge is 0.496 e. The second-order valence-corrected chi connectivity index (χ2v) is 7.50. The molecule has 0 radical (unpaired) electrons. The number of likely N-dealkylation sites (N-methyl/N-ethyl adjacent to an activating group) is 1. The maximum absolute atomic E-state index is 6.42. The summed E-state index contributed by atoms with van der Waals surface area (Å²) in [7, 11) is 4.01. The summed E-state index contributed by atoms with van der Waals surface area (Å²) in [6, 6.07) is 9.61. The van der Waals surface area contributed by atoms with Gasteiger partial charge in [-0.25, -0.2) is 0 Å². The highest BCUT2D eigenvalue weighted by atomic mass is 35.5. The molecule has 1 fully saturated rings. The number of ether oxygens (including phenoxy) is 1. The fraction of sp³-hybridized carbons (Fsp3) is 0.500. The number of likely N-dealkylation sites (tertiary alicyclic amines) is 1. The van der Waals surface area contributed by atoms with Crippen molar-refractivity contribution in [1.29, 1.82) is 0 Å². The highest BCUT2D eigenvalue weighted by Gasteiger charge is 2.43. The van der Waals surface area contributed by atoms with Gasteiger partial charge in [-0.1, -0.05) is 41.9 Å². The molecule has 3 aliphatic rings. The number of benzene rings is 1. The zero-order valence-electron chi connectivity index (χ0n) is 13.8. The third kappa shape index (κ3) is 2.53. The standard InChI is InChI=1S/C20H24ClNO/c1-22-10-9-14-11-17(21)19(23-2)12-16(14)20-15-6-4-3-5-13(15)7-8-18(20)22/h3-6,11-12,14,16,18,20H,7-10H2,1-2H3/t14?,16?,18-,20+/m0/s1. The van der Waals surface area contributed by atoms with Gasteiger partial charge in [-0.2, -0.15) is 0 Å². The van der Waals surface area contributed by atoms with Crippen LogP contribution in [-0.4, -0.2) is 31.6 Å². The van der Waals surface area contributed by atoms with Crippen LogP contribution in [0.3, 0.4) is 0 Å². The summed E-state index contributed by atoms with van der Waals surface area (Å²) in [5.41, 5.74) is 3.06. The number of rotatable bonds is 1. The third-order valence-electron chi connectivity index (χ3n) is 5.99. The first-order valence-corrected chi connectivity index (χ1v) is 8.98. The van der Waals surface area contributed by atoms with Crippen molar-refractivity contribution in [2.45, 2.75) is 31.2 Å². The smallest absolute Gasteiger partial charge is 0.133 e. The zero-order chi connectivity index (χ0) is 16.0. The van der Waals surface area contributed by atoms with Gasteiger partial charge < -0.3 is 9.64 Å². The Bertz CT molecular complexity index is 665. The van der Waals surface area contributed by atoms with Crippen molar-refractivity contribution in [3.63, 3.8) is 0 Å². The molecule has 2 nitrogen and oxygen atoms in total. The molecule has 0 N–H and O–H groups in total. The van der Waals surface area contributed by atoms with Crippen molar-refractivity contribution >= 4 is 11.6 Å². The van der Waals surface area contributed by atoms with E-state index in [-0.39, 0.29) is 0 Å². The molecule has 0 aromatic heterocycles. The van der Waals surface area contributed by atoms with Gasteiger partial charge in [0.1, 0.15) is 5.76 Å². The summed E-state index contributed by atoms with van der Waals surface area (Å²) >= 11 is 6.42. The van der Waals surface area contributed by atoms with E-state index in [9.17, 15) is 0 Å². The second kappa shape index (κ2) is 5.99. The highest BCUT2D eigenvalue weighted by Crippen LogP contribution is 2.48. The number of fused-ring (bicyclic) bond motifs is 5. The molecule has 1 heterocycles. The number of halogens is 1. The third-order valence-corrected chi connectivity index (χ3v) is 6.30. The van der Waals surface area contributed by atoms with Crippen LogP contribution < -0.4 is 0 Å². The van der Waals surface area contributed by atoms with Gasteiger partial charge in [0, 0.05) is 12.0 Å². The Kier molecular flexibility index (Phi) is 3.98. The fourth-order valence-corrected chi connectivity index (χ4v) is 5.13. The van der Waals surface area contributed by atoms with Crippen LogP contribution in [0.25, 0.3) is 0 Å². The molecule has 1 aromatic rings. The molecule has 2 unspecified atom stereocenters. The van der Waals surface area contributed by atoms with Gasteiger partial charge in [-0.05, 0) is 61.9 Å². The number of hydrogen-bond acceptors (Lipinski definition) is 2. The van der Waals surface area contributed by atoms with Crippen molar-refractivity contribution in [2.24, 2.45) is 11.8 Å².